The van der Waals surface area contributed by atoms with Crippen LogP contribution in [0.25, 0.3) is 110 Å². The van der Waals surface area contributed by atoms with Crippen molar-refractivity contribution in [3.05, 3.63) is 206 Å². The molecule has 0 unspecified atom stereocenters. The Bertz CT molecular complexity index is 3510. The zero-order valence-electron chi connectivity index (χ0n) is 30.5. The number of rotatable bonds is 4. The molecule has 10 aromatic carbocycles. The fraction of sp³-hybridized carbons (Fsp3) is 0. The lowest BCUT2D eigenvalue weighted by atomic mass is 9.89. The fourth-order valence-electron chi connectivity index (χ4n) is 9.43. The van der Waals surface area contributed by atoms with Crippen molar-refractivity contribution in [3.63, 3.8) is 0 Å². The summed E-state index contributed by atoms with van der Waals surface area (Å²) in [5.41, 5.74) is 12.0. The molecule has 0 atom stereocenters. The van der Waals surface area contributed by atoms with E-state index in [1.165, 1.54) is 104 Å². The minimum atomic E-state index is 1.16. The van der Waals surface area contributed by atoms with Gasteiger partial charge in [-0.3, -0.25) is 0 Å². The van der Waals surface area contributed by atoms with Crippen LogP contribution in [0.2, 0.25) is 0 Å². The third-order valence-electron chi connectivity index (χ3n) is 11.9. The average Bonchev–Trinajstić information content (AvgIpc) is 3.79. The maximum Gasteiger partial charge on any atom is 0.0541 e. The summed E-state index contributed by atoms with van der Waals surface area (Å²) in [6.45, 7) is 0. The van der Waals surface area contributed by atoms with Gasteiger partial charge in [-0.05, 0) is 115 Å². The van der Waals surface area contributed by atoms with Crippen LogP contribution < -0.4 is 0 Å². The van der Waals surface area contributed by atoms with E-state index < -0.39 is 0 Å². The van der Waals surface area contributed by atoms with Crippen LogP contribution in [0.15, 0.2) is 206 Å². The first-order valence-corrected chi connectivity index (χ1v) is 19.4. The summed E-state index contributed by atoms with van der Waals surface area (Å²) in [5, 5.41) is 12.7. The second kappa shape index (κ2) is 12.0. The van der Waals surface area contributed by atoms with Gasteiger partial charge in [0.25, 0.3) is 0 Å². The van der Waals surface area contributed by atoms with E-state index in [2.05, 4.69) is 215 Å². The van der Waals surface area contributed by atoms with Crippen LogP contribution in [0.5, 0.6) is 0 Å². The van der Waals surface area contributed by atoms with Gasteiger partial charge in [0, 0.05) is 32.9 Å². The highest BCUT2D eigenvalue weighted by Gasteiger charge is 2.19. The van der Waals surface area contributed by atoms with Crippen LogP contribution in [0.4, 0.5) is 0 Å². The number of fused-ring (bicyclic) bond motifs is 12. The summed E-state index contributed by atoms with van der Waals surface area (Å²) < 4.78 is 4.85. The van der Waals surface area contributed by atoms with Crippen molar-refractivity contribution in [3.8, 4) is 33.6 Å². The summed E-state index contributed by atoms with van der Waals surface area (Å²) in [6.07, 6.45) is 0. The van der Waals surface area contributed by atoms with Gasteiger partial charge in [0.15, 0.2) is 0 Å². The molecule has 0 amide bonds. The van der Waals surface area contributed by atoms with Crippen LogP contribution in [-0.2, 0) is 0 Å². The SMILES string of the molecule is c1ccc(-c2cc(-n3c4ccccc4c4cc(-c5ccc6c(c5)c5ccccc5n6-c5ccccc5)ccc43)cc3c4ccccc4c4ccccc4c23)cc1. The molecule has 56 heavy (non-hydrogen) atoms. The zero-order valence-corrected chi connectivity index (χ0v) is 30.5. The van der Waals surface area contributed by atoms with Crippen molar-refractivity contribution in [2.24, 2.45) is 0 Å². The molecule has 0 saturated heterocycles. The molecular weight excluding hydrogens is 677 g/mol. The Morgan fingerprint density at radius 3 is 1.25 bits per heavy atom. The van der Waals surface area contributed by atoms with Crippen molar-refractivity contribution in [1.82, 2.24) is 9.13 Å². The zero-order chi connectivity index (χ0) is 36.7. The standard InChI is InChI=1S/C54H34N2/c1-3-15-35(16-4-1)46-33-39(34-49-42-21-8-7-19-40(42)41-20-9-10-24-45(41)54(46)49)56-51-26-14-12-23-44(51)48-32-37(28-30-53(48)56)36-27-29-52-47(31-36)43-22-11-13-25-50(43)55(52)38-17-5-2-6-18-38/h1-34H. The predicted octanol–water partition coefficient (Wildman–Crippen LogP) is 14.7. The van der Waals surface area contributed by atoms with Crippen molar-refractivity contribution >= 4 is 75.9 Å². The first-order valence-electron chi connectivity index (χ1n) is 19.4. The van der Waals surface area contributed by atoms with Crippen LogP contribution in [0.1, 0.15) is 0 Å². The molecule has 0 radical (unpaired) electrons. The smallest absolute Gasteiger partial charge is 0.0541 e. The van der Waals surface area contributed by atoms with Gasteiger partial charge in [-0.2, -0.15) is 0 Å². The van der Waals surface area contributed by atoms with Gasteiger partial charge in [0.1, 0.15) is 0 Å². The molecule has 12 rings (SSSR count). The van der Waals surface area contributed by atoms with Gasteiger partial charge in [-0.1, -0.05) is 146 Å². The number of aromatic nitrogens is 2. The Balaban J connectivity index is 1.11. The average molecular weight is 711 g/mol. The molecule has 0 aliphatic carbocycles. The fourth-order valence-corrected chi connectivity index (χ4v) is 9.43. The number of para-hydroxylation sites is 3. The minimum absolute atomic E-state index is 1.16. The lowest BCUT2D eigenvalue weighted by Crippen LogP contribution is -1.97. The van der Waals surface area contributed by atoms with Crippen LogP contribution >= 0.6 is 0 Å². The summed E-state index contributed by atoms with van der Waals surface area (Å²) in [7, 11) is 0. The maximum atomic E-state index is 2.47. The third kappa shape index (κ3) is 4.50. The highest BCUT2D eigenvalue weighted by Crippen LogP contribution is 2.44. The molecule has 0 saturated carbocycles. The topological polar surface area (TPSA) is 9.86 Å². The molecule has 0 aliphatic rings. The summed E-state index contributed by atoms with van der Waals surface area (Å²) >= 11 is 0. The Kier molecular flexibility index (Phi) is 6.66. The Morgan fingerprint density at radius 1 is 0.232 bits per heavy atom. The predicted molar refractivity (Wildman–Crippen MR) is 239 cm³/mol. The summed E-state index contributed by atoms with van der Waals surface area (Å²) in [6, 6.07) is 75.8. The van der Waals surface area contributed by atoms with Gasteiger partial charge in [0.05, 0.1) is 22.1 Å². The molecular formula is C54H34N2. The third-order valence-corrected chi connectivity index (χ3v) is 11.9. The lowest BCUT2D eigenvalue weighted by molar-refractivity contribution is 1.18. The van der Waals surface area contributed by atoms with E-state index in [0.717, 1.165) is 5.69 Å². The highest BCUT2D eigenvalue weighted by molar-refractivity contribution is 6.29. The molecule has 0 N–H and O–H groups in total. The molecule has 0 bridgehead atoms. The van der Waals surface area contributed by atoms with E-state index in [9.17, 15) is 0 Å². The molecule has 2 aromatic heterocycles. The largest absolute Gasteiger partial charge is 0.309 e. The Hall–Kier alpha value is -7.42. The van der Waals surface area contributed by atoms with Crippen molar-refractivity contribution in [2.45, 2.75) is 0 Å². The summed E-state index contributed by atoms with van der Waals surface area (Å²) in [4.78, 5) is 0. The lowest BCUT2D eigenvalue weighted by Gasteiger charge is -2.18. The second-order valence-corrected chi connectivity index (χ2v) is 14.9. The quantitative estimate of drug-likeness (QED) is 0.161. The molecule has 0 aliphatic heterocycles. The molecule has 0 spiro atoms. The van der Waals surface area contributed by atoms with Gasteiger partial charge in [0.2, 0.25) is 0 Å². The van der Waals surface area contributed by atoms with Crippen molar-refractivity contribution < 1.29 is 0 Å². The van der Waals surface area contributed by atoms with Gasteiger partial charge >= 0.3 is 0 Å². The van der Waals surface area contributed by atoms with E-state index >= 15 is 0 Å². The molecule has 2 nitrogen and oxygen atoms in total. The van der Waals surface area contributed by atoms with E-state index in [1.54, 1.807) is 0 Å². The Labute approximate surface area is 323 Å². The first-order chi connectivity index (χ1) is 27.8. The molecule has 2 heterocycles. The molecule has 12 aromatic rings. The van der Waals surface area contributed by atoms with Gasteiger partial charge < -0.3 is 9.13 Å². The van der Waals surface area contributed by atoms with Crippen LogP contribution in [0.3, 0.4) is 0 Å². The molecule has 260 valence electrons. The normalized spacial score (nSPS) is 11.9. The number of nitrogens with zero attached hydrogens (tertiary/aromatic N) is 2. The van der Waals surface area contributed by atoms with Gasteiger partial charge in [-0.25, -0.2) is 0 Å². The number of hydrogen-bond acceptors (Lipinski definition) is 0. The molecule has 0 fully saturated rings. The molecule has 2 heteroatoms. The van der Waals surface area contributed by atoms with E-state index in [4.69, 9.17) is 0 Å². The van der Waals surface area contributed by atoms with Crippen LogP contribution in [-0.4, -0.2) is 9.13 Å². The first kappa shape index (κ1) is 31.0. The highest BCUT2D eigenvalue weighted by atomic mass is 15.0. The number of hydrogen-bond donors (Lipinski definition) is 0. The Morgan fingerprint density at radius 2 is 0.661 bits per heavy atom. The maximum absolute atomic E-state index is 2.47. The second-order valence-electron chi connectivity index (χ2n) is 14.9. The van der Waals surface area contributed by atoms with Crippen LogP contribution in [0, 0.1) is 0 Å². The summed E-state index contributed by atoms with van der Waals surface area (Å²) in [5.74, 6) is 0. The number of benzene rings is 10. The van der Waals surface area contributed by atoms with E-state index in [0.29, 0.717) is 0 Å². The van der Waals surface area contributed by atoms with Crippen molar-refractivity contribution in [1.29, 1.82) is 0 Å². The minimum Gasteiger partial charge on any atom is -0.309 e. The van der Waals surface area contributed by atoms with Gasteiger partial charge in [-0.15, -0.1) is 0 Å². The monoisotopic (exact) mass is 710 g/mol. The van der Waals surface area contributed by atoms with Crippen molar-refractivity contribution in [2.75, 3.05) is 0 Å². The van der Waals surface area contributed by atoms with E-state index in [-0.39, 0.29) is 0 Å². The van der Waals surface area contributed by atoms with E-state index in [1.807, 2.05) is 0 Å².